The number of nitrogens with one attached hydrogen (secondary N) is 2. The van der Waals surface area contributed by atoms with Gasteiger partial charge in [0.15, 0.2) is 5.96 Å². The Kier molecular flexibility index (Phi) is 3.59. The molecule has 1 unspecified atom stereocenters. The number of hydrogen-bond acceptors (Lipinski definition) is 4. The van der Waals surface area contributed by atoms with Crippen molar-refractivity contribution in [3.63, 3.8) is 0 Å². The quantitative estimate of drug-likeness (QED) is 0.696. The van der Waals surface area contributed by atoms with Crippen LogP contribution < -0.4 is 10.6 Å². The van der Waals surface area contributed by atoms with Crippen LogP contribution in [0.4, 0.5) is 0 Å². The van der Waals surface area contributed by atoms with E-state index < -0.39 is 12.0 Å². The topological polar surface area (TPSA) is 73.7 Å². The zero-order valence-corrected chi connectivity index (χ0v) is 9.39. The number of carboxylic acids is 1. The number of nitrogens with zero attached hydrogens (tertiary/aromatic N) is 1. The van der Waals surface area contributed by atoms with Crippen LogP contribution in [-0.4, -0.2) is 36.2 Å². The molecule has 17 heavy (non-hydrogen) atoms. The molecule has 1 atom stereocenters. The monoisotopic (exact) mass is 233 g/mol. The lowest BCUT2D eigenvalue weighted by Gasteiger charge is -2.15. The van der Waals surface area contributed by atoms with Crippen molar-refractivity contribution < 1.29 is 9.90 Å². The molecule has 0 aromatic heterocycles. The number of aliphatic carboxylic acids is 1. The van der Waals surface area contributed by atoms with Crippen LogP contribution >= 0.6 is 0 Å². The molecule has 0 fully saturated rings. The van der Waals surface area contributed by atoms with Gasteiger partial charge in [-0.3, -0.25) is 4.99 Å². The lowest BCUT2D eigenvalue weighted by Crippen LogP contribution is -2.46. The Morgan fingerprint density at radius 2 is 2.24 bits per heavy atom. The SMILES string of the molecule is O=C(O)C(Cc1ccccc1)NC1=NCCN1. The summed E-state index contributed by atoms with van der Waals surface area (Å²) in [5.41, 5.74) is 0.992. The summed E-state index contributed by atoms with van der Waals surface area (Å²) in [6.45, 7) is 1.46. The van der Waals surface area contributed by atoms with Crippen molar-refractivity contribution >= 4 is 11.9 Å². The van der Waals surface area contributed by atoms with Crippen LogP contribution in [0.15, 0.2) is 35.3 Å². The Hall–Kier alpha value is -2.04. The molecular weight excluding hydrogens is 218 g/mol. The average Bonchev–Trinajstić information content (AvgIpc) is 2.82. The molecule has 1 aliphatic heterocycles. The van der Waals surface area contributed by atoms with Gasteiger partial charge < -0.3 is 15.7 Å². The summed E-state index contributed by atoms with van der Waals surface area (Å²) >= 11 is 0. The average molecular weight is 233 g/mol. The number of guanidine groups is 1. The number of benzene rings is 1. The van der Waals surface area contributed by atoms with Gasteiger partial charge in [-0.15, -0.1) is 0 Å². The maximum atomic E-state index is 11.1. The molecule has 0 bridgehead atoms. The highest BCUT2D eigenvalue weighted by molar-refractivity contribution is 5.86. The third-order valence-electron chi connectivity index (χ3n) is 2.57. The summed E-state index contributed by atoms with van der Waals surface area (Å²) in [7, 11) is 0. The predicted octanol–water partition coefficient (Wildman–Crippen LogP) is 0.231. The van der Waals surface area contributed by atoms with E-state index in [0.29, 0.717) is 18.9 Å². The second-order valence-corrected chi connectivity index (χ2v) is 3.88. The summed E-state index contributed by atoms with van der Waals surface area (Å²) in [4.78, 5) is 15.3. The first kappa shape index (κ1) is 11.4. The minimum Gasteiger partial charge on any atom is -0.480 e. The second-order valence-electron chi connectivity index (χ2n) is 3.88. The second kappa shape index (κ2) is 5.34. The third kappa shape index (κ3) is 3.21. The van der Waals surface area contributed by atoms with Gasteiger partial charge in [-0.25, -0.2) is 4.79 Å². The van der Waals surface area contributed by atoms with Crippen molar-refractivity contribution in [2.45, 2.75) is 12.5 Å². The minimum atomic E-state index is -0.870. The van der Waals surface area contributed by atoms with Gasteiger partial charge in [0.05, 0.1) is 6.54 Å². The molecule has 1 aromatic carbocycles. The fourth-order valence-electron chi connectivity index (χ4n) is 1.71. The van der Waals surface area contributed by atoms with E-state index in [-0.39, 0.29) is 0 Å². The first-order valence-electron chi connectivity index (χ1n) is 5.57. The van der Waals surface area contributed by atoms with E-state index in [4.69, 9.17) is 5.11 Å². The number of hydrogen-bond donors (Lipinski definition) is 3. The Labute approximate surface area is 99.6 Å². The van der Waals surface area contributed by atoms with Crippen LogP contribution in [0.5, 0.6) is 0 Å². The number of carboxylic acid groups (broad SMARTS) is 1. The zero-order chi connectivity index (χ0) is 12.1. The molecule has 0 spiro atoms. The summed E-state index contributed by atoms with van der Waals surface area (Å²) in [6, 6.07) is 8.90. The van der Waals surface area contributed by atoms with Crippen LogP contribution in [-0.2, 0) is 11.2 Å². The van der Waals surface area contributed by atoms with Gasteiger partial charge in [-0.2, -0.15) is 0 Å². The smallest absolute Gasteiger partial charge is 0.326 e. The largest absolute Gasteiger partial charge is 0.480 e. The fourth-order valence-corrected chi connectivity index (χ4v) is 1.71. The molecule has 0 radical (unpaired) electrons. The van der Waals surface area contributed by atoms with Gasteiger partial charge in [0.2, 0.25) is 0 Å². The normalized spacial score (nSPS) is 15.9. The zero-order valence-electron chi connectivity index (χ0n) is 9.39. The molecule has 1 aliphatic rings. The maximum absolute atomic E-state index is 11.1. The molecule has 0 saturated carbocycles. The molecule has 90 valence electrons. The maximum Gasteiger partial charge on any atom is 0.326 e. The number of carbonyl (C=O) groups is 1. The lowest BCUT2D eigenvalue weighted by atomic mass is 10.1. The highest BCUT2D eigenvalue weighted by atomic mass is 16.4. The minimum absolute atomic E-state index is 0.441. The first-order valence-corrected chi connectivity index (χ1v) is 5.57. The van der Waals surface area contributed by atoms with E-state index in [9.17, 15) is 4.79 Å². The summed E-state index contributed by atoms with van der Waals surface area (Å²) in [5.74, 6) is -0.293. The molecular formula is C12H15N3O2. The molecule has 0 saturated heterocycles. The third-order valence-corrected chi connectivity index (χ3v) is 2.57. The summed E-state index contributed by atoms with van der Waals surface area (Å²) < 4.78 is 0. The molecule has 3 N–H and O–H groups in total. The molecule has 1 heterocycles. The van der Waals surface area contributed by atoms with E-state index >= 15 is 0 Å². The van der Waals surface area contributed by atoms with Crippen LogP contribution in [0.1, 0.15) is 5.56 Å². The fraction of sp³-hybridized carbons (Fsp3) is 0.333. The first-order chi connectivity index (χ1) is 8.25. The van der Waals surface area contributed by atoms with Gasteiger partial charge in [-0.1, -0.05) is 30.3 Å². The van der Waals surface area contributed by atoms with Crippen molar-refractivity contribution in [2.75, 3.05) is 13.1 Å². The molecule has 5 nitrogen and oxygen atoms in total. The standard InChI is InChI=1S/C12H15N3O2/c16-11(17)10(15-12-13-6-7-14-12)8-9-4-2-1-3-5-9/h1-5,10H,6-8H2,(H,16,17)(H2,13,14,15). The highest BCUT2D eigenvalue weighted by Gasteiger charge is 2.20. The Morgan fingerprint density at radius 1 is 1.47 bits per heavy atom. The van der Waals surface area contributed by atoms with Gasteiger partial charge in [0, 0.05) is 13.0 Å². The van der Waals surface area contributed by atoms with Crippen molar-refractivity contribution in [3.05, 3.63) is 35.9 Å². The van der Waals surface area contributed by atoms with Gasteiger partial charge >= 0.3 is 5.97 Å². The molecule has 2 rings (SSSR count). The van der Waals surface area contributed by atoms with Crippen LogP contribution in [0, 0.1) is 0 Å². The van der Waals surface area contributed by atoms with Crippen molar-refractivity contribution in [3.8, 4) is 0 Å². The van der Waals surface area contributed by atoms with Crippen molar-refractivity contribution in [1.82, 2.24) is 10.6 Å². The van der Waals surface area contributed by atoms with E-state index in [1.165, 1.54) is 0 Å². The van der Waals surface area contributed by atoms with Crippen molar-refractivity contribution in [1.29, 1.82) is 0 Å². The van der Waals surface area contributed by atoms with E-state index in [1.807, 2.05) is 30.3 Å². The Morgan fingerprint density at radius 3 is 2.82 bits per heavy atom. The van der Waals surface area contributed by atoms with Crippen LogP contribution in [0.3, 0.4) is 0 Å². The highest BCUT2D eigenvalue weighted by Crippen LogP contribution is 2.03. The van der Waals surface area contributed by atoms with E-state index in [0.717, 1.165) is 12.1 Å². The summed E-state index contributed by atoms with van der Waals surface area (Å²) in [5, 5.41) is 15.1. The molecule has 0 aliphatic carbocycles. The van der Waals surface area contributed by atoms with Crippen LogP contribution in [0.25, 0.3) is 0 Å². The predicted molar refractivity (Wildman–Crippen MR) is 65.0 cm³/mol. The van der Waals surface area contributed by atoms with Gasteiger partial charge in [-0.05, 0) is 5.56 Å². The molecule has 1 aromatic rings. The Bertz CT molecular complexity index is 417. The van der Waals surface area contributed by atoms with E-state index in [2.05, 4.69) is 15.6 Å². The van der Waals surface area contributed by atoms with E-state index in [1.54, 1.807) is 0 Å². The molecule has 0 amide bonds. The van der Waals surface area contributed by atoms with Crippen molar-refractivity contribution in [2.24, 2.45) is 4.99 Å². The summed E-state index contributed by atoms with van der Waals surface area (Å²) in [6.07, 6.45) is 0.441. The van der Waals surface area contributed by atoms with Gasteiger partial charge in [0.1, 0.15) is 6.04 Å². The lowest BCUT2D eigenvalue weighted by molar-refractivity contribution is -0.139. The number of aliphatic imine (C=N–C) groups is 1. The molecule has 5 heteroatoms. The Balaban J connectivity index is 2.00. The van der Waals surface area contributed by atoms with Gasteiger partial charge in [0.25, 0.3) is 0 Å². The number of rotatable bonds is 4. The van der Waals surface area contributed by atoms with Crippen LogP contribution in [0.2, 0.25) is 0 Å².